The van der Waals surface area contributed by atoms with Gasteiger partial charge in [-0.2, -0.15) is 0 Å². The first kappa shape index (κ1) is 16.9. The summed E-state index contributed by atoms with van der Waals surface area (Å²) in [6, 6.07) is 5.46. The lowest BCUT2D eigenvalue weighted by Gasteiger charge is -2.21. The number of esters is 1. The van der Waals surface area contributed by atoms with Gasteiger partial charge < -0.3 is 14.8 Å². The molecular formula is C15H20FNO4. The fourth-order valence-corrected chi connectivity index (χ4v) is 1.67. The standard InChI is InChI=1S/C15H20FNO4/c1-15(2,3)21-14(19)17-9-12(13(18)20-4)10-5-7-11(16)8-6-10/h5-8,12H,9H2,1-4H3,(H,17,19). The lowest BCUT2D eigenvalue weighted by atomic mass is 9.99. The molecule has 1 unspecified atom stereocenters. The molecule has 0 saturated heterocycles. The minimum atomic E-state index is -0.719. The number of halogens is 1. The number of benzene rings is 1. The molecule has 5 nitrogen and oxygen atoms in total. The van der Waals surface area contributed by atoms with Crippen molar-refractivity contribution in [2.24, 2.45) is 0 Å². The zero-order valence-electron chi connectivity index (χ0n) is 12.6. The molecule has 0 heterocycles. The normalized spacial score (nSPS) is 12.4. The minimum Gasteiger partial charge on any atom is -0.468 e. The van der Waals surface area contributed by atoms with Crippen molar-refractivity contribution in [2.45, 2.75) is 32.3 Å². The highest BCUT2D eigenvalue weighted by atomic mass is 19.1. The second kappa shape index (κ2) is 7.06. The third-order valence-corrected chi connectivity index (χ3v) is 2.61. The van der Waals surface area contributed by atoms with E-state index in [9.17, 15) is 14.0 Å². The van der Waals surface area contributed by atoms with Crippen LogP contribution in [0.5, 0.6) is 0 Å². The summed E-state index contributed by atoms with van der Waals surface area (Å²) in [7, 11) is 1.26. The zero-order valence-corrected chi connectivity index (χ0v) is 12.6. The summed E-state index contributed by atoms with van der Waals surface area (Å²) in [5.41, 5.74) is -0.0694. The Balaban J connectivity index is 2.74. The van der Waals surface area contributed by atoms with Crippen molar-refractivity contribution in [3.63, 3.8) is 0 Å². The predicted octanol–water partition coefficient (Wildman–Crippen LogP) is 2.61. The van der Waals surface area contributed by atoms with E-state index in [1.165, 1.54) is 31.4 Å². The molecule has 1 N–H and O–H groups in total. The van der Waals surface area contributed by atoms with Gasteiger partial charge in [0.1, 0.15) is 11.4 Å². The van der Waals surface area contributed by atoms with Gasteiger partial charge in [-0.3, -0.25) is 4.79 Å². The molecule has 0 radical (unpaired) electrons. The van der Waals surface area contributed by atoms with Crippen molar-refractivity contribution in [2.75, 3.05) is 13.7 Å². The van der Waals surface area contributed by atoms with Crippen molar-refractivity contribution < 1.29 is 23.5 Å². The van der Waals surface area contributed by atoms with Crippen LogP contribution in [-0.2, 0) is 14.3 Å². The number of hydrogen-bond acceptors (Lipinski definition) is 4. The number of nitrogens with one attached hydrogen (secondary N) is 1. The first-order valence-electron chi connectivity index (χ1n) is 6.53. The molecule has 0 aliphatic rings. The Hall–Kier alpha value is -2.11. The molecule has 0 fully saturated rings. The Morgan fingerprint density at radius 2 is 1.81 bits per heavy atom. The second-order valence-electron chi connectivity index (χ2n) is 5.51. The molecule has 1 atom stereocenters. The fraction of sp³-hybridized carbons (Fsp3) is 0.467. The molecule has 1 aromatic carbocycles. The predicted molar refractivity (Wildman–Crippen MR) is 75.4 cm³/mol. The first-order chi connectivity index (χ1) is 9.73. The summed E-state index contributed by atoms with van der Waals surface area (Å²) in [6.07, 6.45) is -0.626. The van der Waals surface area contributed by atoms with Crippen LogP contribution >= 0.6 is 0 Å². The Morgan fingerprint density at radius 3 is 2.29 bits per heavy atom. The number of carbonyl (C=O) groups excluding carboxylic acids is 2. The molecule has 1 rings (SSSR count). The molecule has 21 heavy (non-hydrogen) atoms. The largest absolute Gasteiger partial charge is 0.468 e. The van der Waals surface area contributed by atoms with Gasteiger partial charge >= 0.3 is 12.1 Å². The van der Waals surface area contributed by atoms with Crippen LogP contribution in [-0.4, -0.2) is 31.3 Å². The number of amides is 1. The molecule has 0 aliphatic carbocycles. The van der Waals surface area contributed by atoms with Gasteiger partial charge in [0.25, 0.3) is 0 Å². The van der Waals surface area contributed by atoms with E-state index in [1.54, 1.807) is 20.8 Å². The van der Waals surface area contributed by atoms with Crippen molar-refractivity contribution in [1.82, 2.24) is 5.32 Å². The molecular weight excluding hydrogens is 277 g/mol. The van der Waals surface area contributed by atoms with Gasteiger partial charge in [0.15, 0.2) is 0 Å². The maximum atomic E-state index is 12.9. The van der Waals surface area contributed by atoms with Gasteiger partial charge in [0.05, 0.1) is 13.0 Å². The van der Waals surface area contributed by atoms with E-state index in [0.717, 1.165) is 0 Å². The van der Waals surface area contributed by atoms with Gasteiger partial charge in [-0.1, -0.05) is 12.1 Å². The summed E-state index contributed by atoms with van der Waals surface area (Å²) >= 11 is 0. The fourth-order valence-electron chi connectivity index (χ4n) is 1.67. The monoisotopic (exact) mass is 297 g/mol. The lowest BCUT2D eigenvalue weighted by molar-refractivity contribution is -0.142. The van der Waals surface area contributed by atoms with Crippen molar-refractivity contribution >= 4 is 12.1 Å². The van der Waals surface area contributed by atoms with Crippen molar-refractivity contribution in [3.8, 4) is 0 Å². The van der Waals surface area contributed by atoms with E-state index < -0.39 is 29.4 Å². The number of ether oxygens (including phenoxy) is 2. The summed E-state index contributed by atoms with van der Waals surface area (Å²) in [6.45, 7) is 5.23. The maximum Gasteiger partial charge on any atom is 0.407 e. The molecule has 0 aromatic heterocycles. The van der Waals surface area contributed by atoms with Gasteiger partial charge in [-0.15, -0.1) is 0 Å². The van der Waals surface area contributed by atoms with Gasteiger partial charge in [-0.05, 0) is 38.5 Å². The third kappa shape index (κ3) is 5.81. The topological polar surface area (TPSA) is 64.6 Å². The van der Waals surface area contributed by atoms with Crippen molar-refractivity contribution in [3.05, 3.63) is 35.6 Å². The van der Waals surface area contributed by atoms with E-state index in [4.69, 9.17) is 9.47 Å². The Morgan fingerprint density at radius 1 is 1.24 bits per heavy atom. The SMILES string of the molecule is COC(=O)C(CNC(=O)OC(C)(C)C)c1ccc(F)cc1. The minimum absolute atomic E-state index is 0.00716. The lowest BCUT2D eigenvalue weighted by Crippen LogP contribution is -2.36. The number of rotatable bonds is 4. The third-order valence-electron chi connectivity index (χ3n) is 2.61. The van der Waals surface area contributed by atoms with E-state index in [2.05, 4.69) is 5.32 Å². The van der Waals surface area contributed by atoms with Crippen LogP contribution in [0.4, 0.5) is 9.18 Å². The summed E-state index contributed by atoms with van der Waals surface area (Å²) in [5.74, 6) is -1.64. The average molecular weight is 297 g/mol. The zero-order chi connectivity index (χ0) is 16.0. The number of methoxy groups -OCH3 is 1. The van der Waals surface area contributed by atoms with E-state index >= 15 is 0 Å². The first-order valence-corrected chi connectivity index (χ1v) is 6.53. The Kier molecular flexibility index (Phi) is 5.69. The van der Waals surface area contributed by atoms with Crippen molar-refractivity contribution in [1.29, 1.82) is 0 Å². The molecule has 0 spiro atoms. The Bertz CT molecular complexity index is 493. The number of carbonyl (C=O) groups is 2. The van der Waals surface area contributed by atoms with E-state index in [-0.39, 0.29) is 6.54 Å². The van der Waals surface area contributed by atoms with Crippen LogP contribution in [0.3, 0.4) is 0 Å². The van der Waals surface area contributed by atoms with Crippen LogP contribution in [0.1, 0.15) is 32.3 Å². The maximum absolute atomic E-state index is 12.9. The molecule has 0 saturated carbocycles. The quantitative estimate of drug-likeness (QED) is 0.868. The highest BCUT2D eigenvalue weighted by Gasteiger charge is 2.24. The van der Waals surface area contributed by atoms with Crippen LogP contribution in [0, 0.1) is 5.82 Å². The summed E-state index contributed by atoms with van der Waals surface area (Å²) in [4.78, 5) is 23.4. The molecule has 1 amide bonds. The average Bonchev–Trinajstić information content (AvgIpc) is 2.38. The molecule has 0 bridgehead atoms. The molecule has 1 aromatic rings. The van der Waals surface area contributed by atoms with Gasteiger partial charge in [-0.25, -0.2) is 9.18 Å². The van der Waals surface area contributed by atoms with E-state index in [0.29, 0.717) is 5.56 Å². The van der Waals surface area contributed by atoms with Gasteiger partial charge in [0, 0.05) is 6.54 Å². The highest BCUT2D eigenvalue weighted by molar-refractivity contribution is 5.79. The molecule has 116 valence electrons. The second-order valence-corrected chi connectivity index (χ2v) is 5.51. The van der Waals surface area contributed by atoms with Crippen LogP contribution in [0.15, 0.2) is 24.3 Å². The molecule has 6 heteroatoms. The molecule has 0 aliphatic heterocycles. The van der Waals surface area contributed by atoms with Gasteiger partial charge in [0.2, 0.25) is 0 Å². The summed E-state index contributed by atoms with van der Waals surface area (Å²) in [5, 5.41) is 2.51. The number of hydrogen-bond donors (Lipinski definition) is 1. The van der Waals surface area contributed by atoms with Crippen LogP contribution < -0.4 is 5.32 Å². The smallest absolute Gasteiger partial charge is 0.407 e. The van der Waals surface area contributed by atoms with Crippen LogP contribution in [0.2, 0.25) is 0 Å². The number of alkyl carbamates (subject to hydrolysis) is 1. The highest BCUT2D eigenvalue weighted by Crippen LogP contribution is 2.17. The van der Waals surface area contributed by atoms with Crippen LogP contribution in [0.25, 0.3) is 0 Å². The summed E-state index contributed by atoms with van der Waals surface area (Å²) < 4.78 is 22.7. The Labute approximate surface area is 123 Å². The van der Waals surface area contributed by atoms with E-state index in [1.807, 2.05) is 0 Å².